The number of aromatic nitrogens is 1. The zero-order valence-corrected chi connectivity index (χ0v) is 19.9. The largest absolute Gasteiger partial charge is 0.460 e. The lowest BCUT2D eigenvalue weighted by atomic mass is 10.0. The van der Waals surface area contributed by atoms with Gasteiger partial charge in [0.1, 0.15) is 28.4 Å². The van der Waals surface area contributed by atoms with Gasteiger partial charge in [0.25, 0.3) is 10.0 Å². The summed E-state index contributed by atoms with van der Waals surface area (Å²) in [6.07, 6.45) is 1.55. The highest BCUT2D eigenvalue weighted by Crippen LogP contribution is 2.38. The van der Waals surface area contributed by atoms with Crippen molar-refractivity contribution < 1.29 is 27.1 Å². The molecule has 2 aromatic heterocycles. The molecule has 0 atom stereocenters. The van der Waals surface area contributed by atoms with Crippen LogP contribution < -0.4 is 4.72 Å². The number of carbonyl (C=O) groups excluding carboxylic acids is 1. The third kappa shape index (κ3) is 4.09. The zero-order chi connectivity index (χ0) is 24.6. The van der Waals surface area contributed by atoms with E-state index in [0.717, 1.165) is 0 Å². The molecule has 0 aliphatic rings. The van der Waals surface area contributed by atoms with E-state index in [4.69, 9.17) is 13.9 Å². The normalized spacial score (nSPS) is 11.8. The average Bonchev–Trinajstić information content (AvgIpc) is 3.19. The number of sulfonamides is 1. The second-order valence-corrected chi connectivity index (χ2v) is 9.60. The number of furan rings is 1. The summed E-state index contributed by atoms with van der Waals surface area (Å²) in [5, 5.41) is 2.46. The summed E-state index contributed by atoms with van der Waals surface area (Å²) < 4.78 is 45.9. The first-order valence-corrected chi connectivity index (χ1v) is 12.4. The predicted octanol–water partition coefficient (Wildman–Crippen LogP) is 5.05. The molecule has 178 valence electrons. The van der Waals surface area contributed by atoms with Crippen molar-refractivity contribution in [1.82, 2.24) is 4.98 Å². The number of fused-ring (bicyclic) bond motifs is 4. The zero-order valence-electron chi connectivity index (χ0n) is 19.1. The second kappa shape index (κ2) is 9.01. The van der Waals surface area contributed by atoms with Gasteiger partial charge in [-0.2, -0.15) is 0 Å². The molecular formula is C26H22N2O6S. The monoisotopic (exact) mass is 490 g/mol. The lowest BCUT2D eigenvalue weighted by Crippen LogP contribution is -2.14. The molecule has 5 rings (SSSR count). The first kappa shape index (κ1) is 22.8. The molecule has 0 saturated heterocycles. The SMILES string of the molecule is COCCOC(=O)c1c(C)oc2c1cc(NS(=O)(=O)c1cccc3cccnc13)c1ccccc12. The number of ether oxygens (including phenoxy) is 2. The van der Waals surface area contributed by atoms with Gasteiger partial charge in [0.2, 0.25) is 0 Å². The number of benzene rings is 3. The van der Waals surface area contributed by atoms with E-state index in [0.29, 0.717) is 44.1 Å². The Morgan fingerprint density at radius 1 is 1.00 bits per heavy atom. The van der Waals surface area contributed by atoms with E-state index in [1.807, 2.05) is 12.1 Å². The van der Waals surface area contributed by atoms with Crippen molar-refractivity contribution in [1.29, 1.82) is 0 Å². The topological polar surface area (TPSA) is 108 Å². The first-order valence-electron chi connectivity index (χ1n) is 10.9. The molecule has 9 heteroatoms. The molecule has 0 fully saturated rings. The number of nitrogens with zero attached hydrogens (tertiary/aromatic N) is 1. The fourth-order valence-electron chi connectivity index (χ4n) is 4.16. The van der Waals surface area contributed by atoms with Crippen LogP contribution in [-0.2, 0) is 19.5 Å². The minimum absolute atomic E-state index is 0.0577. The molecular weight excluding hydrogens is 468 g/mol. The van der Waals surface area contributed by atoms with Gasteiger partial charge in [-0.25, -0.2) is 13.2 Å². The molecule has 0 spiro atoms. The van der Waals surface area contributed by atoms with Crippen LogP contribution in [0.5, 0.6) is 0 Å². The summed E-state index contributed by atoms with van der Waals surface area (Å²) in [4.78, 5) is 17.2. The third-order valence-electron chi connectivity index (χ3n) is 5.73. The molecule has 1 N–H and O–H groups in total. The van der Waals surface area contributed by atoms with Gasteiger partial charge in [0.15, 0.2) is 0 Å². The number of hydrogen-bond acceptors (Lipinski definition) is 7. The number of esters is 1. The van der Waals surface area contributed by atoms with Crippen molar-refractivity contribution >= 4 is 54.3 Å². The number of aryl methyl sites for hydroxylation is 1. The molecule has 0 radical (unpaired) electrons. The number of methoxy groups -OCH3 is 1. The average molecular weight is 491 g/mol. The summed E-state index contributed by atoms with van der Waals surface area (Å²) in [6.45, 7) is 2.02. The van der Waals surface area contributed by atoms with Crippen molar-refractivity contribution in [3.8, 4) is 0 Å². The predicted molar refractivity (Wildman–Crippen MR) is 133 cm³/mol. The molecule has 35 heavy (non-hydrogen) atoms. The van der Waals surface area contributed by atoms with E-state index in [1.54, 1.807) is 55.6 Å². The first-order chi connectivity index (χ1) is 16.9. The number of anilines is 1. The van der Waals surface area contributed by atoms with E-state index in [-0.39, 0.29) is 23.7 Å². The summed E-state index contributed by atoms with van der Waals surface area (Å²) in [5.74, 6) is -0.188. The van der Waals surface area contributed by atoms with E-state index in [2.05, 4.69) is 9.71 Å². The Morgan fingerprint density at radius 2 is 1.77 bits per heavy atom. The maximum absolute atomic E-state index is 13.5. The lowest BCUT2D eigenvalue weighted by Gasteiger charge is -2.13. The van der Waals surface area contributed by atoms with Crippen LogP contribution in [0.1, 0.15) is 16.1 Å². The highest BCUT2D eigenvalue weighted by molar-refractivity contribution is 7.93. The van der Waals surface area contributed by atoms with Gasteiger partial charge in [-0.05, 0) is 25.1 Å². The Hall–Kier alpha value is -3.95. The number of para-hydroxylation sites is 1. The van der Waals surface area contributed by atoms with Crippen LogP contribution in [0.25, 0.3) is 32.6 Å². The van der Waals surface area contributed by atoms with Gasteiger partial charge >= 0.3 is 5.97 Å². The van der Waals surface area contributed by atoms with Crippen LogP contribution in [0, 0.1) is 6.92 Å². The molecule has 0 saturated carbocycles. The van der Waals surface area contributed by atoms with Crippen LogP contribution >= 0.6 is 0 Å². The van der Waals surface area contributed by atoms with E-state index >= 15 is 0 Å². The highest BCUT2D eigenvalue weighted by Gasteiger charge is 2.25. The molecule has 8 nitrogen and oxygen atoms in total. The van der Waals surface area contributed by atoms with Crippen LogP contribution in [-0.4, -0.2) is 39.7 Å². The van der Waals surface area contributed by atoms with Gasteiger partial charge < -0.3 is 13.9 Å². The molecule has 0 amide bonds. The molecule has 0 bridgehead atoms. The van der Waals surface area contributed by atoms with E-state index < -0.39 is 16.0 Å². The molecule has 5 aromatic rings. The maximum Gasteiger partial charge on any atom is 0.342 e. The van der Waals surface area contributed by atoms with Crippen LogP contribution in [0.2, 0.25) is 0 Å². The fraction of sp³-hybridized carbons (Fsp3) is 0.154. The second-order valence-electron chi connectivity index (χ2n) is 7.95. The van der Waals surface area contributed by atoms with Gasteiger partial charge in [0.05, 0.1) is 17.8 Å². The van der Waals surface area contributed by atoms with Gasteiger partial charge in [0, 0.05) is 34.9 Å². The summed E-state index contributed by atoms with van der Waals surface area (Å²) >= 11 is 0. The number of rotatable bonds is 7. The maximum atomic E-state index is 13.5. The molecule has 0 aliphatic carbocycles. The van der Waals surface area contributed by atoms with Crippen molar-refractivity contribution in [2.24, 2.45) is 0 Å². The summed E-state index contributed by atoms with van der Waals surface area (Å²) in [5.41, 5.74) is 1.41. The van der Waals surface area contributed by atoms with Crippen molar-refractivity contribution in [3.05, 3.63) is 78.2 Å². The smallest absolute Gasteiger partial charge is 0.342 e. The molecule has 0 aliphatic heterocycles. The highest BCUT2D eigenvalue weighted by atomic mass is 32.2. The van der Waals surface area contributed by atoms with E-state index in [9.17, 15) is 13.2 Å². The van der Waals surface area contributed by atoms with Crippen molar-refractivity contribution in [3.63, 3.8) is 0 Å². The van der Waals surface area contributed by atoms with E-state index in [1.165, 1.54) is 13.2 Å². The minimum Gasteiger partial charge on any atom is -0.460 e. The Kier molecular flexibility index (Phi) is 5.88. The molecule has 3 aromatic carbocycles. The number of carbonyl (C=O) groups is 1. The Balaban J connectivity index is 1.67. The van der Waals surface area contributed by atoms with Crippen LogP contribution in [0.15, 0.2) is 76.2 Å². The van der Waals surface area contributed by atoms with Crippen LogP contribution in [0.3, 0.4) is 0 Å². The molecule has 0 unspecified atom stereocenters. The number of nitrogens with one attached hydrogen (secondary N) is 1. The van der Waals surface area contributed by atoms with Crippen molar-refractivity contribution in [2.75, 3.05) is 25.0 Å². The molecule has 2 heterocycles. The van der Waals surface area contributed by atoms with Crippen molar-refractivity contribution in [2.45, 2.75) is 11.8 Å². The third-order valence-corrected chi connectivity index (χ3v) is 7.12. The summed E-state index contributed by atoms with van der Waals surface area (Å²) in [6, 6.07) is 17.4. The quantitative estimate of drug-likeness (QED) is 0.251. The van der Waals surface area contributed by atoms with Gasteiger partial charge in [-0.3, -0.25) is 9.71 Å². The van der Waals surface area contributed by atoms with Crippen LogP contribution in [0.4, 0.5) is 5.69 Å². The lowest BCUT2D eigenvalue weighted by molar-refractivity contribution is 0.0388. The summed E-state index contributed by atoms with van der Waals surface area (Å²) in [7, 11) is -2.50. The Bertz CT molecular complexity index is 1690. The number of hydrogen-bond donors (Lipinski definition) is 1. The van der Waals surface area contributed by atoms with Gasteiger partial charge in [-0.15, -0.1) is 0 Å². The Labute approximate surface area is 201 Å². The Morgan fingerprint density at radius 3 is 2.57 bits per heavy atom. The fourth-order valence-corrected chi connectivity index (χ4v) is 5.41. The van der Waals surface area contributed by atoms with Gasteiger partial charge in [-0.1, -0.05) is 42.5 Å². The standard InChI is InChI=1S/C26H22N2O6S/c1-16-23(26(29)33-14-13-32-2)20-15-21(18-9-3-4-10-19(18)25(20)34-16)28-35(30,31)22-11-5-7-17-8-6-12-27-24(17)22/h3-12,15,28H,13-14H2,1-2H3. The minimum atomic E-state index is -4.02. The number of pyridine rings is 1.